The van der Waals surface area contributed by atoms with Crippen LogP contribution in [0.15, 0.2) is 333 Å². The molecule has 11 aromatic rings. The van der Waals surface area contributed by atoms with Gasteiger partial charge in [-0.3, -0.25) is 0 Å². The summed E-state index contributed by atoms with van der Waals surface area (Å²) in [5.74, 6) is 0.614. The molecule has 26 heteroatoms. The zero-order valence-electron chi connectivity index (χ0n) is 54.4. The second-order valence-electron chi connectivity index (χ2n) is 23.9. The van der Waals surface area contributed by atoms with Crippen molar-refractivity contribution in [2.75, 3.05) is 13.3 Å². The van der Waals surface area contributed by atoms with Crippen LogP contribution < -0.4 is 51.4 Å². The second-order valence-corrected chi connectivity index (χ2v) is 53.3. The lowest BCUT2D eigenvalue weighted by atomic mass is 10.2. The molecule has 15 nitrogen and oxygen atoms in total. The van der Waals surface area contributed by atoms with Crippen LogP contribution in [-0.4, -0.2) is 112 Å². The summed E-state index contributed by atoms with van der Waals surface area (Å²) in [6, 6.07) is 105. The number of rotatable bonds is 15. The Morgan fingerprint density at radius 1 is 0.333 bits per heavy atom. The highest BCUT2D eigenvalue weighted by Crippen LogP contribution is 2.42. The van der Waals surface area contributed by atoms with E-state index in [1.54, 1.807) is 7.11 Å². The minimum atomic E-state index is -5.40. The Morgan fingerprint density at radius 3 is 1.17 bits per heavy atom. The fourth-order valence-corrected chi connectivity index (χ4v) is 64.2. The van der Waals surface area contributed by atoms with E-state index in [-0.39, 0.29) is 16.7 Å². The van der Waals surface area contributed by atoms with Gasteiger partial charge in [-0.2, -0.15) is 0 Å². The van der Waals surface area contributed by atoms with E-state index in [9.17, 15) is 0 Å². The van der Waals surface area contributed by atoms with Gasteiger partial charge < -0.3 is 62.7 Å². The average Bonchev–Trinajstić information content (AvgIpc) is 1.33. The van der Waals surface area contributed by atoms with Gasteiger partial charge in [-0.05, 0) is 57.1 Å². The van der Waals surface area contributed by atoms with Gasteiger partial charge in [0, 0.05) is 31.1 Å². The van der Waals surface area contributed by atoms with Crippen molar-refractivity contribution in [3.05, 3.63) is 350 Å². The summed E-state index contributed by atoms with van der Waals surface area (Å²) in [7, 11) is -46.2. The number of benzene rings is 11. The molecular formula is C73H70O15Si11. The molecule has 496 valence electrons. The number of methoxy groups -OCH3 is 1. The van der Waals surface area contributed by atoms with E-state index in [0.717, 1.165) is 16.7 Å². The van der Waals surface area contributed by atoms with Gasteiger partial charge in [-0.25, -0.2) is 0 Å². The Labute approximate surface area is 591 Å². The van der Waals surface area contributed by atoms with Gasteiger partial charge in [-0.1, -0.05) is 327 Å². The third-order valence-corrected chi connectivity index (χ3v) is 58.0. The van der Waals surface area contributed by atoms with Gasteiger partial charge in [0.1, 0.15) is 16.2 Å². The Bertz CT molecular complexity index is 4560. The SMILES string of the molecule is COc1ccc([Si]2(/C=C/c3ccccc3)O[SiH]3CO[Si]4(c5ccccc5)O[SiH](c5ccccc5)O[Si]5(c6ccccc6)O[Si](/C=C/c6ccccc6)(c6ccc(C)cc6)O[Si](c6ccccc6)(O4)O[Si](c4ccccc4)(O3)O[Si](c3ccccc3)(O[Si](O[SiH3])(c3ccccc3)O2)O5)cc1. The molecule has 0 N–H and O–H groups in total. The third kappa shape index (κ3) is 13.7. The lowest BCUT2D eigenvalue weighted by molar-refractivity contribution is 0.0926. The summed E-state index contributed by atoms with van der Waals surface area (Å²) in [5, 5.41) is 5.25. The summed E-state index contributed by atoms with van der Waals surface area (Å²) >= 11 is 0. The predicted octanol–water partition coefficient (Wildman–Crippen LogP) is 6.04. The first-order valence-electron chi connectivity index (χ1n) is 32.6. The first-order chi connectivity index (χ1) is 48.5. The zero-order chi connectivity index (χ0) is 67.3. The molecule has 15 rings (SSSR count). The van der Waals surface area contributed by atoms with E-state index in [0.29, 0.717) is 52.4 Å². The molecule has 0 aromatic heterocycles. The highest BCUT2D eigenvalue weighted by molar-refractivity contribution is 7.10. The molecule has 0 aliphatic carbocycles. The second kappa shape index (κ2) is 28.9. The average molecular weight is 1500 g/mol. The van der Waals surface area contributed by atoms with E-state index in [2.05, 4.69) is 36.9 Å². The van der Waals surface area contributed by atoms with Gasteiger partial charge in [0.05, 0.1) is 13.3 Å². The topological polar surface area (TPSA) is 138 Å². The van der Waals surface area contributed by atoms with Crippen LogP contribution in [0.4, 0.5) is 0 Å². The van der Waals surface area contributed by atoms with Crippen molar-refractivity contribution in [1.82, 2.24) is 0 Å². The van der Waals surface area contributed by atoms with Crippen LogP contribution in [-0.2, 0) is 57.9 Å². The highest BCUT2D eigenvalue weighted by atomic mass is 28.6. The van der Waals surface area contributed by atoms with Crippen molar-refractivity contribution < 1.29 is 62.7 Å². The highest BCUT2D eigenvalue weighted by Gasteiger charge is 2.76. The van der Waals surface area contributed by atoms with Crippen molar-refractivity contribution in [1.29, 1.82) is 0 Å². The van der Waals surface area contributed by atoms with Crippen LogP contribution in [0.25, 0.3) is 12.2 Å². The Hall–Kier alpha value is -7.47. The molecule has 99 heavy (non-hydrogen) atoms. The molecule has 4 saturated heterocycles. The fourth-order valence-electron chi connectivity index (χ4n) is 12.4. The molecule has 4 heterocycles. The normalized spacial score (nSPS) is 28.7. The van der Waals surface area contributed by atoms with Gasteiger partial charge in [0.2, 0.25) is 0 Å². The third-order valence-electron chi connectivity index (χ3n) is 17.4. The maximum Gasteiger partial charge on any atom is 0.521 e. The molecule has 0 spiro atoms. The largest absolute Gasteiger partial charge is 0.521 e. The van der Waals surface area contributed by atoms with E-state index < -0.39 is 88.5 Å². The van der Waals surface area contributed by atoms with Crippen molar-refractivity contribution in [3.63, 3.8) is 0 Å². The minimum absolute atomic E-state index is 0.0411. The van der Waals surface area contributed by atoms with Crippen LogP contribution in [0.2, 0.25) is 0 Å². The van der Waals surface area contributed by atoms with Gasteiger partial charge in [0.15, 0.2) is 0 Å². The van der Waals surface area contributed by atoms with E-state index in [1.165, 1.54) is 0 Å². The van der Waals surface area contributed by atoms with Crippen LogP contribution in [0.5, 0.6) is 5.75 Å². The predicted molar refractivity (Wildman–Crippen MR) is 407 cm³/mol. The molecule has 10 unspecified atom stereocenters. The van der Waals surface area contributed by atoms with Crippen molar-refractivity contribution in [3.8, 4) is 5.75 Å². The zero-order valence-corrected chi connectivity index (χ0v) is 66.7. The van der Waals surface area contributed by atoms with Crippen LogP contribution in [0.1, 0.15) is 16.7 Å². The molecule has 0 radical (unpaired) electrons. The molecule has 4 aliphatic rings. The molecule has 0 saturated carbocycles. The van der Waals surface area contributed by atoms with Crippen LogP contribution in [0.3, 0.4) is 0 Å². The van der Waals surface area contributed by atoms with E-state index in [4.69, 9.17) is 62.7 Å². The summed E-state index contributed by atoms with van der Waals surface area (Å²) in [6.45, 7) is 2.06. The molecular weight excluding hydrogens is 1430 g/mol. The number of hydrogen-bond donors (Lipinski definition) is 0. The van der Waals surface area contributed by atoms with Crippen LogP contribution >= 0.6 is 0 Å². The lowest BCUT2D eigenvalue weighted by Gasteiger charge is -2.54. The summed E-state index contributed by atoms with van der Waals surface area (Å²) in [5.41, 5.74) is 6.83. The standard InChI is InChI=1S/C73H70O15Si11/c1-61-48-52-67(53-49-61)93(59-57-63-32-14-4-15-33-63)82-97(71-42-24-9-25-43-71)80-91(65-34-16-5-17-35-65)79-94(68-36-18-6-19-37-68)75-60-90-77-92(58-56-62-30-12-3-13-31-62,66-54-50-64(74-2)51-55-66)81-95(76-89,69-38-20-7-21-39-69)85-99(88-97,73-46-28-11-29-47-73)87-96(78-90,70-40-22-8-23-41-70)86-98(83-93,84-94)72-44-26-10-27-45-72/h3-59,90-91H,60H2,1-2,89H3/b58-56+,59-57+. The number of ether oxygens (including phenoxy) is 1. The Balaban J connectivity index is 1.18. The number of aryl methyl sites for hydroxylation is 1. The number of hydrogen-bond acceptors (Lipinski definition) is 15. The molecule has 4 aliphatic heterocycles. The molecule has 0 amide bonds. The van der Waals surface area contributed by atoms with Gasteiger partial charge >= 0.3 is 88.5 Å². The molecule has 11 aromatic carbocycles. The minimum Gasteiger partial charge on any atom is -0.497 e. The molecule has 4 fully saturated rings. The van der Waals surface area contributed by atoms with E-state index >= 15 is 0 Å². The Kier molecular flexibility index (Phi) is 19.6. The smallest absolute Gasteiger partial charge is 0.497 e. The van der Waals surface area contributed by atoms with Crippen molar-refractivity contribution in [2.45, 2.75) is 6.92 Å². The molecule has 6 bridgehead atoms. The van der Waals surface area contributed by atoms with Crippen LogP contribution in [0, 0.1) is 6.92 Å². The van der Waals surface area contributed by atoms with Gasteiger partial charge in [-0.15, -0.1) is 0 Å². The lowest BCUT2D eigenvalue weighted by Crippen LogP contribution is -2.86. The monoisotopic (exact) mass is 1490 g/mol. The van der Waals surface area contributed by atoms with Crippen molar-refractivity contribution in [2.24, 2.45) is 0 Å². The number of fused-ring (bicyclic) bond motifs is 6. The maximum absolute atomic E-state index is 8.90. The van der Waals surface area contributed by atoms with E-state index in [1.807, 2.05) is 315 Å². The Morgan fingerprint density at radius 2 is 0.697 bits per heavy atom. The summed E-state index contributed by atoms with van der Waals surface area (Å²) in [4.78, 5) is 0. The summed E-state index contributed by atoms with van der Waals surface area (Å²) in [6.07, 6.45) is 3.82. The maximum atomic E-state index is 8.90. The summed E-state index contributed by atoms with van der Waals surface area (Å²) < 4.78 is 125. The van der Waals surface area contributed by atoms with Crippen molar-refractivity contribution >= 4 is 158 Å². The van der Waals surface area contributed by atoms with Gasteiger partial charge in [0.25, 0.3) is 0 Å². The first-order valence-corrected chi connectivity index (χ1v) is 50.8. The first kappa shape index (κ1) is 67.4. The molecule has 10 atom stereocenters. The quantitative estimate of drug-likeness (QED) is 0.110. The fraction of sp³-hybridized carbons (Fsp3) is 0.0411.